The van der Waals surface area contributed by atoms with Crippen molar-refractivity contribution in [1.82, 2.24) is 10.6 Å². The third-order valence-corrected chi connectivity index (χ3v) is 3.52. The molecule has 0 fully saturated rings. The smallest absolute Gasteiger partial charge is 0.251 e. The largest absolute Gasteiger partial charge is 0.350 e. The lowest BCUT2D eigenvalue weighted by atomic mass is 10.1. The minimum Gasteiger partial charge on any atom is -0.350 e. The van der Waals surface area contributed by atoms with Gasteiger partial charge in [-0.15, -0.1) is 0 Å². The number of hydrogen-bond acceptors (Lipinski definition) is 2. The molecular formula is C18H19FN2O2. The number of benzene rings is 2. The van der Waals surface area contributed by atoms with E-state index in [1.165, 1.54) is 6.07 Å². The fourth-order valence-corrected chi connectivity index (χ4v) is 2.11. The van der Waals surface area contributed by atoms with Crippen LogP contribution in [0.15, 0.2) is 42.5 Å². The van der Waals surface area contributed by atoms with Gasteiger partial charge in [0.2, 0.25) is 0 Å². The monoisotopic (exact) mass is 314 g/mol. The number of carbonyl (C=O) groups excluding carboxylic acids is 2. The molecule has 5 heteroatoms. The van der Waals surface area contributed by atoms with E-state index in [-0.39, 0.29) is 23.9 Å². The summed E-state index contributed by atoms with van der Waals surface area (Å²) in [6.45, 7) is 4.07. The van der Waals surface area contributed by atoms with E-state index in [0.29, 0.717) is 17.7 Å². The number of hydrogen-bond donors (Lipinski definition) is 2. The van der Waals surface area contributed by atoms with Crippen LogP contribution in [-0.2, 0) is 0 Å². The Morgan fingerprint density at radius 3 is 2.22 bits per heavy atom. The maximum Gasteiger partial charge on any atom is 0.251 e. The van der Waals surface area contributed by atoms with Gasteiger partial charge in [-0.25, -0.2) is 4.39 Å². The topological polar surface area (TPSA) is 58.2 Å². The predicted octanol–water partition coefficient (Wildman–Crippen LogP) is 2.60. The van der Waals surface area contributed by atoms with Crippen LogP contribution in [0.2, 0.25) is 0 Å². The average Bonchev–Trinajstić information content (AvgIpc) is 2.54. The first-order chi connectivity index (χ1) is 11.0. The highest BCUT2D eigenvalue weighted by Crippen LogP contribution is 2.09. The van der Waals surface area contributed by atoms with Crippen molar-refractivity contribution in [2.45, 2.75) is 13.8 Å². The molecule has 0 saturated carbocycles. The van der Waals surface area contributed by atoms with Gasteiger partial charge < -0.3 is 10.6 Å². The van der Waals surface area contributed by atoms with Crippen molar-refractivity contribution in [3.63, 3.8) is 0 Å². The normalized spacial score (nSPS) is 10.2. The molecule has 2 aromatic rings. The van der Waals surface area contributed by atoms with Crippen molar-refractivity contribution >= 4 is 11.8 Å². The maximum absolute atomic E-state index is 13.4. The molecule has 0 spiro atoms. The highest BCUT2D eigenvalue weighted by Gasteiger charge is 2.09. The molecule has 0 aliphatic carbocycles. The molecule has 0 saturated heterocycles. The highest BCUT2D eigenvalue weighted by molar-refractivity contribution is 5.96. The standard InChI is InChI=1S/C18H19FN2O2/c1-12-5-3-4-6-15(12)18(23)21-10-9-20-17(22)14-8-7-13(2)16(19)11-14/h3-8,11H,9-10H2,1-2H3,(H,20,22)(H,21,23). The predicted molar refractivity (Wildman–Crippen MR) is 87.0 cm³/mol. The number of halogens is 1. The molecule has 0 bridgehead atoms. The molecule has 2 rings (SSSR count). The molecule has 0 radical (unpaired) electrons. The van der Waals surface area contributed by atoms with Gasteiger partial charge >= 0.3 is 0 Å². The van der Waals surface area contributed by atoms with Crippen LogP contribution in [0.5, 0.6) is 0 Å². The van der Waals surface area contributed by atoms with Crippen LogP contribution in [0, 0.1) is 19.7 Å². The molecule has 23 heavy (non-hydrogen) atoms. The minimum absolute atomic E-state index is 0.182. The summed E-state index contributed by atoms with van der Waals surface area (Å²) >= 11 is 0. The van der Waals surface area contributed by atoms with Crippen molar-refractivity contribution in [3.05, 3.63) is 70.5 Å². The first-order valence-corrected chi connectivity index (χ1v) is 7.37. The summed E-state index contributed by atoms with van der Waals surface area (Å²) in [5.41, 5.74) is 2.26. The summed E-state index contributed by atoms with van der Waals surface area (Å²) in [5, 5.41) is 5.39. The summed E-state index contributed by atoms with van der Waals surface area (Å²) in [6, 6.07) is 11.6. The first kappa shape index (κ1) is 16.7. The lowest BCUT2D eigenvalue weighted by molar-refractivity contribution is 0.0927. The zero-order valence-electron chi connectivity index (χ0n) is 13.2. The molecule has 2 N–H and O–H groups in total. The van der Waals surface area contributed by atoms with E-state index < -0.39 is 5.82 Å². The number of carbonyl (C=O) groups is 2. The van der Waals surface area contributed by atoms with Crippen LogP contribution in [0.4, 0.5) is 4.39 Å². The van der Waals surface area contributed by atoms with Crippen molar-refractivity contribution < 1.29 is 14.0 Å². The number of nitrogens with one attached hydrogen (secondary N) is 2. The molecule has 4 nitrogen and oxygen atoms in total. The van der Waals surface area contributed by atoms with Gasteiger partial charge in [0, 0.05) is 24.2 Å². The second kappa shape index (κ2) is 7.54. The third kappa shape index (κ3) is 4.39. The van der Waals surface area contributed by atoms with Crippen molar-refractivity contribution in [2.75, 3.05) is 13.1 Å². The van der Waals surface area contributed by atoms with E-state index >= 15 is 0 Å². The van der Waals surface area contributed by atoms with E-state index in [9.17, 15) is 14.0 Å². The van der Waals surface area contributed by atoms with Crippen LogP contribution in [0.25, 0.3) is 0 Å². The zero-order valence-corrected chi connectivity index (χ0v) is 13.2. The second-order valence-corrected chi connectivity index (χ2v) is 5.29. The first-order valence-electron chi connectivity index (χ1n) is 7.37. The molecule has 0 atom stereocenters. The maximum atomic E-state index is 13.4. The molecule has 2 aromatic carbocycles. The molecular weight excluding hydrogens is 295 g/mol. The van der Waals surface area contributed by atoms with E-state index in [1.54, 1.807) is 31.2 Å². The summed E-state index contributed by atoms with van der Waals surface area (Å²) in [7, 11) is 0. The Morgan fingerprint density at radius 2 is 1.57 bits per heavy atom. The van der Waals surface area contributed by atoms with E-state index in [1.807, 2.05) is 19.1 Å². The quantitative estimate of drug-likeness (QED) is 0.834. The minimum atomic E-state index is -0.412. The van der Waals surface area contributed by atoms with Gasteiger partial charge in [-0.05, 0) is 43.2 Å². The lowest BCUT2D eigenvalue weighted by Crippen LogP contribution is -2.35. The van der Waals surface area contributed by atoms with Crippen LogP contribution in [-0.4, -0.2) is 24.9 Å². The SMILES string of the molecule is Cc1ccc(C(=O)NCCNC(=O)c2ccccc2C)cc1F. The van der Waals surface area contributed by atoms with Gasteiger partial charge in [0.25, 0.3) is 11.8 Å². The Kier molecular flexibility index (Phi) is 5.46. The Hall–Kier alpha value is -2.69. The molecule has 120 valence electrons. The van der Waals surface area contributed by atoms with Crippen molar-refractivity contribution in [3.8, 4) is 0 Å². The van der Waals surface area contributed by atoms with Gasteiger partial charge in [0.15, 0.2) is 0 Å². The Bertz CT molecular complexity index is 729. The summed E-state index contributed by atoms with van der Waals surface area (Å²) < 4.78 is 13.4. The van der Waals surface area contributed by atoms with Gasteiger partial charge in [0.1, 0.15) is 5.82 Å². The molecule has 2 amide bonds. The van der Waals surface area contributed by atoms with E-state index in [0.717, 1.165) is 5.56 Å². The Balaban J connectivity index is 1.81. The molecule has 0 aliphatic rings. The van der Waals surface area contributed by atoms with E-state index in [2.05, 4.69) is 10.6 Å². The fraction of sp³-hybridized carbons (Fsp3) is 0.222. The van der Waals surface area contributed by atoms with Gasteiger partial charge in [-0.2, -0.15) is 0 Å². The molecule has 0 aliphatic heterocycles. The van der Waals surface area contributed by atoms with Crippen LogP contribution < -0.4 is 10.6 Å². The van der Waals surface area contributed by atoms with Gasteiger partial charge in [-0.1, -0.05) is 24.3 Å². The van der Waals surface area contributed by atoms with Crippen LogP contribution in [0.3, 0.4) is 0 Å². The van der Waals surface area contributed by atoms with E-state index in [4.69, 9.17) is 0 Å². The number of aryl methyl sites for hydroxylation is 2. The lowest BCUT2D eigenvalue weighted by Gasteiger charge is -2.09. The fourth-order valence-electron chi connectivity index (χ4n) is 2.11. The van der Waals surface area contributed by atoms with Crippen LogP contribution >= 0.6 is 0 Å². The van der Waals surface area contributed by atoms with Crippen LogP contribution in [0.1, 0.15) is 31.8 Å². The van der Waals surface area contributed by atoms with Gasteiger partial charge in [0.05, 0.1) is 0 Å². The molecule has 0 heterocycles. The Morgan fingerprint density at radius 1 is 0.913 bits per heavy atom. The molecule has 0 aromatic heterocycles. The van der Waals surface area contributed by atoms with Gasteiger partial charge in [-0.3, -0.25) is 9.59 Å². The Labute approximate surface area is 134 Å². The highest BCUT2D eigenvalue weighted by atomic mass is 19.1. The summed E-state index contributed by atoms with van der Waals surface area (Å²) in [6.07, 6.45) is 0. The zero-order chi connectivity index (χ0) is 16.8. The number of amides is 2. The van der Waals surface area contributed by atoms with Crippen molar-refractivity contribution in [1.29, 1.82) is 0 Å². The summed E-state index contributed by atoms with van der Waals surface area (Å²) in [5.74, 6) is -0.960. The van der Waals surface area contributed by atoms with Crippen molar-refractivity contribution in [2.24, 2.45) is 0 Å². The number of rotatable bonds is 5. The molecule has 0 unspecified atom stereocenters. The second-order valence-electron chi connectivity index (χ2n) is 5.29. The average molecular weight is 314 g/mol. The third-order valence-electron chi connectivity index (χ3n) is 3.52. The summed E-state index contributed by atoms with van der Waals surface area (Å²) in [4.78, 5) is 23.9.